The zero-order valence-electron chi connectivity index (χ0n) is 19.6. The predicted molar refractivity (Wildman–Crippen MR) is 133 cm³/mol. The molecule has 1 amide bonds. The first-order valence-corrected chi connectivity index (χ1v) is 12.8. The van der Waals surface area contributed by atoms with Gasteiger partial charge in [-0.2, -0.15) is 4.31 Å². The van der Waals surface area contributed by atoms with Crippen LogP contribution in [0.4, 0.5) is 5.69 Å². The number of anilines is 1. The highest BCUT2D eigenvalue weighted by Crippen LogP contribution is 2.29. The smallest absolute Gasteiger partial charge is 0.248 e. The summed E-state index contributed by atoms with van der Waals surface area (Å²) in [6.07, 6.45) is 4.47. The number of nitrogens with one attached hydrogen (secondary N) is 1. The minimum Gasteiger partial charge on any atom is -0.355 e. The Morgan fingerprint density at radius 2 is 1.89 bits per heavy atom. The van der Waals surface area contributed by atoms with Gasteiger partial charge in [0, 0.05) is 24.3 Å². The van der Waals surface area contributed by atoms with Crippen LogP contribution >= 0.6 is 0 Å². The lowest BCUT2D eigenvalue weighted by Gasteiger charge is -2.31. The van der Waals surface area contributed by atoms with Crippen LogP contribution in [0.3, 0.4) is 0 Å². The molecule has 35 heavy (non-hydrogen) atoms. The number of hydrogen-bond donors (Lipinski definition) is 1. The average molecular weight is 494 g/mol. The van der Waals surface area contributed by atoms with E-state index in [1.54, 1.807) is 43.3 Å². The van der Waals surface area contributed by atoms with E-state index in [0.717, 1.165) is 5.56 Å². The van der Waals surface area contributed by atoms with Gasteiger partial charge in [0.1, 0.15) is 5.69 Å². The molecule has 0 radical (unpaired) electrons. The molecule has 0 aliphatic carbocycles. The molecular formula is C26H27N3O5S. The van der Waals surface area contributed by atoms with Crippen LogP contribution in [0.2, 0.25) is 0 Å². The summed E-state index contributed by atoms with van der Waals surface area (Å²) in [4.78, 5) is 24.6. The first-order valence-electron chi connectivity index (χ1n) is 11.4. The summed E-state index contributed by atoms with van der Waals surface area (Å²) < 4.78 is 33.8. The zero-order chi connectivity index (χ0) is 25.0. The number of amides is 1. The summed E-state index contributed by atoms with van der Waals surface area (Å²) in [5.41, 5.74) is 2.17. The van der Waals surface area contributed by atoms with E-state index in [1.165, 1.54) is 11.2 Å². The van der Waals surface area contributed by atoms with Crippen molar-refractivity contribution in [3.8, 4) is 0 Å². The molecule has 1 atom stereocenters. The Morgan fingerprint density at radius 3 is 2.63 bits per heavy atom. The van der Waals surface area contributed by atoms with Crippen LogP contribution in [0.15, 0.2) is 64.0 Å². The number of rotatable bonds is 7. The number of nitrogens with zero attached hydrogens (tertiary/aromatic N) is 2. The number of carbonyl (C=O) groups excluding carboxylic acids is 2. The Morgan fingerprint density at radius 1 is 1.11 bits per heavy atom. The molecule has 1 aliphatic heterocycles. The SMILES string of the molecule is CC(=O)c1cccc(NC(=O)C2CCCN(S(=O)(=O)c3c(C)noc3/C=C/c3ccccc3)C2)c1. The van der Waals surface area contributed by atoms with E-state index in [9.17, 15) is 18.0 Å². The molecular weight excluding hydrogens is 466 g/mol. The van der Waals surface area contributed by atoms with Crippen LogP contribution in [0, 0.1) is 12.8 Å². The van der Waals surface area contributed by atoms with E-state index < -0.39 is 15.9 Å². The van der Waals surface area contributed by atoms with Crippen LogP contribution in [0.25, 0.3) is 12.2 Å². The summed E-state index contributed by atoms with van der Waals surface area (Å²) in [7, 11) is -3.94. The maximum Gasteiger partial charge on any atom is 0.248 e. The lowest BCUT2D eigenvalue weighted by atomic mass is 9.98. The monoisotopic (exact) mass is 493 g/mol. The number of benzene rings is 2. The number of Topliss-reactive ketones (excluding diaryl/α,β-unsaturated/α-hetero) is 1. The molecule has 8 nitrogen and oxygen atoms in total. The molecule has 1 unspecified atom stereocenters. The quantitative estimate of drug-likeness (QED) is 0.489. The van der Waals surface area contributed by atoms with Gasteiger partial charge in [-0.1, -0.05) is 53.7 Å². The van der Waals surface area contributed by atoms with Gasteiger partial charge in [0.05, 0.1) is 5.92 Å². The maximum atomic E-state index is 13.6. The molecule has 9 heteroatoms. The molecule has 0 bridgehead atoms. The molecule has 2 heterocycles. The molecule has 1 N–H and O–H groups in total. The van der Waals surface area contributed by atoms with Crippen molar-refractivity contribution in [3.05, 3.63) is 77.2 Å². The van der Waals surface area contributed by atoms with Gasteiger partial charge in [-0.25, -0.2) is 8.42 Å². The number of sulfonamides is 1. The van der Waals surface area contributed by atoms with E-state index in [0.29, 0.717) is 30.6 Å². The van der Waals surface area contributed by atoms with E-state index in [2.05, 4.69) is 10.5 Å². The minimum atomic E-state index is -3.94. The first-order chi connectivity index (χ1) is 16.8. The lowest BCUT2D eigenvalue weighted by molar-refractivity contribution is -0.120. The number of hydrogen-bond acceptors (Lipinski definition) is 6. The highest BCUT2D eigenvalue weighted by Gasteiger charge is 2.37. The molecule has 1 fully saturated rings. The molecule has 1 aliphatic rings. The second-order valence-corrected chi connectivity index (χ2v) is 10.4. The summed E-state index contributed by atoms with van der Waals surface area (Å²) in [5, 5.41) is 6.70. The van der Waals surface area contributed by atoms with E-state index in [4.69, 9.17) is 4.52 Å². The van der Waals surface area contributed by atoms with Gasteiger partial charge in [0.2, 0.25) is 15.9 Å². The summed E-state index contributed by atoms with van der Waals surface area (Å²) in [6.45, 7) is 3.40. The summed E-state index contributed by atoms with van der Waals surface area (Å²) in [5.74, 6) is -0.754. The fourth-order valence-corrected chi connectivity index (χ4v) is 5.87. The fraction of sp³-hybridized carbons (Fsp3) is 0.269. The van der Waals surface area contributed by atoms with Gasteiger partial charge in [-0.15, -0.1) is 0 Å². The minimum absolute atomic E-state index is 0.0138. The van der Waals surface area contributed by atoms with E-state index in [1.807, 2.05) is 30.3 Å². The molecule has 1 saturated heterocycles. The van der Waals surface area contributed by atoms with Gasteiger partial charge in [-0.3, -0.25) is 9.59 Å². The second-order valence-electron chi connectivity index (χ2n) is 8.53. The van der Waals surface area contributed by atoms with Crippen LogP contribution < -0.4 is 5.32 Å². The number of aryl methyl sites for hydroxylation is 1. The maximum absolute atomic E-state index is 13.6. The number of piperidine rings is 1. The van der Waals surface area contributed by atoms with Crippen molar-refractivity contribution in [2.24, 2.45) is 5.92 Å². The van der Waals surface area contributed by atoms with Gasteiger partial charge in [0.15, 0.2) is 16.4 Å². The average Bonchev–Trinajstić information content (AvgIpc) is 3.24. The second kappa shape index (κ2) is 10.4. The third-order valence-corrected chi connectivity index (χ3v) is 7.97. The zero-order valence-corrected chi connectivity index (χ0v) is 20.4. The molecule has 1 aromatic heterocycles. The largest absolute Gasteiger partial charge is 0.355 e. The Hall–Kier alpha value is -3.56. The van der Waals surface area contributed by atoms with Crippen molar-refractivity contribution in [2.75, 3.05) is 18.4 Å². The molecule has 2 aromatic carbocycles. The van der Waals surface area contributed by atoms with Crippen molar-refractivity contribution < 1.29 is 22.5 Å². The van der Waals surface area contributed by atoms with E-state index >= 15 is 0 Å². The van der Waals surface area contributed by atoms with Gasteiger partial charge in [-0.05, 0) is 50.5 Å². The standard InChI is InChI=1S/C26H27N3O5S/c1-18-25(24(34-28-18)14-13-20-8-4-3-5-9-20)35(32,33)29-15-7-11-22(17-29)26(31)27-23-12-6-10-21(16-23)19(2)30/h3-6,8-10,12-14,16,22H,7,11,15,17H2,1-2H3,(H,27,31)/b14-13+. The van der Waals surface area contributed by atoms with Gasteiger partial charge >= 0.3 is 0 Å². The van der Waals surface area contributed by atoms with Gasteiger partial charge in [0.25, 0.3) is 0 Å². The molecule has 182 valence electrons. The Kier molecular flexibility index (Phi) is 7.28. The van der Waals surface area contributed by atoms with Crippen molar-refractivity contribution in [2.45, 2.75) is 31.6 Å². The van der Waals surface area contributed by atoms with Crippen LogP contribution in [0.5, 0.6) is 0 Å². The van der Waals surface area contributed by atoms with Crippen LogP contribution in [-0.4, -0.2) is 42.7 Å². The highest BCUT2D eigenvalue weighted by molar-refractivity contribution is 7.89. The molecule has 0 saturated carbocycles. The van der Waals surface area contributed by atoms with Crippen molar-refractivity contribution in [3.63, 3.8) is 0 Å². The van der Waals surface area contributed by atoms with Crippen LogP contribution in [-0.2, 0) is 14.8 Å². The summed E-state index contributed by atoms with van der Waals surface area (Å²) in [6, 6.07) is 16.2. The van der Waals surface area contributed by atoms with Crippen molar-refractivity contribution >= 4 is 39.6 Å². The number of carbonyl (C=O) groups is 2. The fourth-order valence-electron chi connectivity index (χ4n) is 4.10. The Bertz CT molecular complexity index is 1360. The van der Waals surface area contributed by atoms with Crippen molar-refractivity contribution in [1.29, 1.82) is 0 Å². The number of ketones is 1. The molecule has 4 rings (SSSR count). The predicted octanol–water partition coefficient (Wildman–Crippen LogP) is 4.40. The first kappa shape index (κ1) is 24.6. The van der Waals surface area contributed by atoms with Crippen molar-refractivity contribution in [1.82, 2.24) is 9.46 Å². The topological polar surface area (TPSA) is 110 Å². The lowest BCUT2D eigenvalue weighted by Crippen LogP contribution is -2.43. The molecule has 0 spiro atoms. The number of aromatic nitrogens is 1. The van der Waals surface area contributed by atoms with Gasteiger partial charge < -0.3 is 9.84 Å². The summed E-state index contributed by atoms with van der Waals surface area (Å²) >= 11 is 0. The Balaban J connectivity index is 1.52. The third-order valence-electron chi connectivity index (χ3n) is 5.95. The third kappa shape index (κ3) is 5.58. The molecule has 3 aromatic rings. The Labute approximate surface area is 204 Å². The highest BCUT2D eigenvalue weighted by atomic mass is 32.2. The normalized spacial score (nSPS) is 16.9. The van der Waals surface area contributed by atoms with Crippen LogP contribution in [0.1, 0.15) is 47.1 Å². The van der Waals surface area contributed by atoms with E-state index in [-0.39, 0.29) is 34.6 Å².